The summed E-state index contributed by atoms with van der Waals surface area (Å²) in [6.45, 7) is 4.64. The van der Waals surface area contributed by atoms with E-state index in [1.54, 1.807) is 0 Å². The molecule has 0 spiro atoms. The lowest BCUT2D eigenvalue weighted by atomic mass is 10.2. The van der Waals surface area contributed by atoms with Gasteiger partial charge in [-0.25, -0.2) is 9.97 Å². The lowest BCUT2D eigenvalue weighted by Crippen LogP contribution is -2.44. The van der Waals surface area contributed by atoms with Gasteiger partial charge < -0.3 is 14.7 Å². The lowest BCUT2D eigenvalue weighted by Gasteiger charge is -2.34. The van der Waals surface area contributed by atoms with Crippen molar-refractivity contribution in [2.75, 3.05) is 37.0 Å². The molecule has 1 N–H and O–H groups in total. The minimum absolute atomic E-state index is 0.0754. The number of morpholine rings is 1. The molecule has 3 rings (SSSR count). The first-order valence-electron chi connectivity index (χ1n) is 7.79. The summed E-state index contributed by atoms with van der Waals surface area (Å²) in [5.41, 5.74) is 1.03. The molecule has 1 saturated carbocycles. The highest BCUT2D eigenvalue weighted by Crippen LogP contribution is 2.57. The molecular weight excluding hydrogens is 322 g/mol. The van der Waals surface area contributed by atoms with E-state index in [4.69, 9.17) is 21.4 Å². The van der Waals surface area contributed by atoms with Crippen LogP contribution >= 0.6 is 23.4 Å². The maximum Gasteiger partial charge on any atom is 0.224 e. The zero-order chi connectivity index (χ0) is 15.6. The Morgan fingerprint density at radius 3 is 3.00 bits per heavy atom. The number of aromatic nitrogens is 2. The van der Waals surface area contributed by atoms with Crippen LogP contribution in [0.3, 0.4) is 0 Å². The largest absolute Gasteiger partial charge is 0.396 e. The number of rotatable bonds is 6. The van der Waals surface area contributed by atoms with E-state index in [0.717, 1.165) is 49.7 Å². The van der Waals surface area contributed by atoms with Crippen molar-refractivity contribution in [3.05, 3.63) is 17.0 Å². The fourth-order valence-corrected chi connectivity index (χ4v) is 4.26. The highest BCUT2D eigenvalue weighted by Gasteiger charge is 2.46. The Morgan fingerprint density at radius 1 is 1.50 bits per heavy atom. The van der Waals surface area contributed by atoms with Crippen molar-refractivity contribution in [3.63, 3.8) is 0 Å². The van der Waals surface area contributed by atoms with Gasteiger partial charge >= 0.3 is 0 Å². The van der Waals surface area contributed by atoms with Crippen LogP contribution in [0.25, 0.3) is 0 Å². The van der Waals surface area contributed by atoms with E-state index in [9.17, 15) is 0 Å². The maximum absolute atomic E-state index is 8.96. The van der Waals surface area contributed by atoms with Crippen molar-refractivity contribution in [2.24, 2.45) is 0 Å². The zero-order valence-corrected chi connectivity index (χ0v) is 14.4. The molecule has 0 unspecified atom stereocenters. The number of hydrogen-bond acceptors (Lipinski definition) is 6. The fourth-order valence-electron chi connectivity index (χ4n) is 2.77. The average Bonchev–Trinajstić information content (AvgIpc) is 3.28. The SMILES string of the molecule is C[C@H]1COCCN1c1cc(C2(SCCCO)CC2)nc(Cl)n1. The molecule has 7 heteroatoms. The Labute approximate surface area is 140 Å². The molecule has 1 aliphatic heterocycles. The van der Waals surface area contributed by atoms with E-state index >= 15 is 0 Å². The lowest BCUT2D eigenvalue weighted by molar-refractivity contribution is 0.0985. The van der Waals surface area contributed by atoms with Gasteiger partial charge in [0.25, 0.3) is 0 Å². The van der Waals surface area contributed by atoms with Crippen molar-refractivity contribution >= 4 is 29.2 Å². The zero-order valence-electron chi connectivity index (χ0n) is 12.8. The normalized spacial score (nSPS) is 23.6. The number of aliphatic hydroxyl groups is 1. The second-order valence-electron chi connectivity index (χ2n) is 5.92. The molecule has 1 atom stereocenters. The molecule has 2 fully saturated rings. The Bertz CT molecular complexity index is 528. The summed E-state index contributed by atoms with van der Waals surface area (Å²) in [4.78, 5) is 11.1. The predicted molar refractivity (Wildman–Crippen MR) is 89.7 cm³/mol. The van der Waals surface area contributed by atoms with Crippen LogP contribution in [0.4, 0.5) is 5.82 Å². The Kier molecular flexibility index (Phi) is 5.12. The first kappa shape index (κ1) is 16.3. The molecule has 1 saturated heterocycles. The van der Waals surface area contributed by atoms with Crippen LogP contribution in [0.1, 0.15) is 31.9 Å². The van der Waals surface area contributed by atoms with E-state index in [-0.39, 0.29) is 11.4 Å². The highest BCUT2D eigenvalue weighted by molar-refractivity contribution is 8.00. The Hall–Kier alpha value is -0.560. The summed E-state index contributed by atoms with van der Waals surface area (Å²) in [6.07, 6.45) is 3.06. The van der Waals surface area contributed by atoms with Gasteiger partial charge in [0.2, 0.25) is 5.28 Å². The number of halogens is 1. The van der Waals surface area contributed by atoms with Gasteiger partial charge in [-0.2, -0.15) is 0 Å². The van der Waals surface area contributed by atoms with E-state index in [0.29, 0.717) is 17.9 Å². The second-order valence-corrected chi connectivity index (χ2v) is 7.73. The first-order chi connectivity index (χ1) is 10.6. The van der Waals surface area contributed by atoms with Gasteiger partial charge in [0.1, 0.15) is 5.82 Å². The minimum atomic E-state index is 0.0754. The van der Waals surface area contributed by atoms with Gasteiger partial charge in [0, 0.05) is 19.2 Å². The van der Waals surface area contributed by atoms with Gasteiger partial charge in [-0.05, 0) is 43.5 Å². The van der Waals surface area contributed by atoms with Crippen LogP contribution in [0.5, 0.6) is 0 Å². The third kappa shape index (κ3) is 3.50. The molecule has 1 aliphatic carbocycles. The number of anilines is 1. The number of aliphatic hydroxyl groups excluding tert-OH is 1. The smallest absolute Gasteiger partial charge is 0.224 e. The maximum atomic E-state index is 8.96. The minimum Gasteiger partial charge on any atom is -0.396 e. The molecule has 22 heavy (non-hydrogen) atoms. The average molecular weight is 344 g/mol. The Balaban J connectivity index is 1.81. The highest BCUT2D eigenvalue weighted by atomic mass is 35.5. The van der Waals surface area contributed by atoms with Crippen LogP contribution in [0.2, 0.25) is 5.28 Å². The van der Waals surface area contributed by atoms with Crippen LogP contribution in [-0.2, 0) is 9.48 Å². The molecule has 0 bridgehead atoms. The quantitative estimate of drug-likeness (QED) is 0.632. The monoisotopic (exact) mass is 343 g/mol. The third-order valence-electron chi connectivity index (χ3n) is 4.20. The Morgan fingerprint density at radius 2 is 2.32 bits per heavy atom. The molecule has 5 nitrogen and oxygen atoms in total. The van der Waals surface area contributed by atoms with Crippen LogP contribution < -0.4 is 4.90 Å². The molecule has 2 heterocycles. The summed E-state index contributed by atoms with van der Waals surface area (Å²) in [5, 5.41) is 9.28. The van der Waals surface area contributed by atoms with E-state index in [2.05, 4.69) is 27.9 Å². The van der Waals surface area contributed by atoms with Crippen LogP contribution in [0.15, 0.2) is 6.07 Å². The van der Waals surface area contributed by atoms with Gasteiger partial charge in [0.15, 0.2) is 0 Å². The number of nitrogens with zero attached hydrogens (tertiary/aromatic N) is 3. The van der Waals surface area contributed by atoms with Crippen LogP contribution in [-0.4, -0.2) is 53.2 Å². The van der Waals surface area contributed by atoms with Crippen molar-refractivity contribution in [3.8, 4) is 0 Å². The van der Waals surface area contributed by atoms with E-state index < -0.39 is 0 Å². The van der Waals surface area contributed by atoms with Crippen molar-refractivity contribution < 1.29 is 9.84 Å². The molecule has 0 amide bonds. The van der Waals surface area contributed by atoms with Gasteiger partial charge in [0.05, 0.1) is 29.7 Å². The van der Waals surface area contributed by atoms with Gasteiger partial charge in [-0.3, -0.25) is 0 Å². The summed E-state index contributed by atoms with van der Waals surface area (Å²) in [5.74, 6) is 1.85. The molecule has 0 radical (unpaired) electrons. The molecular formula is C15H22ClN3O2S. The molecule has 2 aliphatic rings. The van der Waals surface area contributed by atoms with Crippen molar-refractivity contribution in [1.29, 1.82) is 0 Å². The summed E-state index contributed by atoms with van der Waals surface area (Å²) >= 11 is 8.06. The topological polar surface area (TPSA) is 58.5 Å². The number of ether oxygens (including phenoxy) is 1. The molecule has 1 aromatic rings. The summed E-state index contributed by atoms with van der Waals surface area (Å²) in [7, 11) is 0. The van der Waals surface area contributed by atoms with E-state index in [1.807, 2.05) is 11.8 Å². The summed E-state index contributed by atoms with van der Waals surface area (Å²) in [6, 6.07) is 2.39. The van der Waals surface area contributed by atoms with Gasteiger partial charge in [-0.15, -0.1) is 11.8 Å². The summed E-state index contributed by atoms with van der Waals surface area (Å²) < 4.78 is 5.57. The number of thioether (sulfide) groups is 1. The molecule has 0 aromatic carbocycles. The van der Waals surface area contributed by atoms with Gasteiger partial charge in [-0.1, -0.05) is 0 Å². The van der Waals surface area contributed by atoms with Crippen LogP contribution in [0, 0.1) is 0 Å². The second kappa shape index (κ2) is 6.91. The molecule has 122 valence electrons. The van der Waals surface area contributed by atoms with Crippen molar-refractivity contribution in [2.45, 2.75) is 37.0 Å². The van der Waals surface area contributed by atoms with Crippen molar-refractivity contribution in [1.82, 2.24) is 9.97 Å². The molecule has 1 aromatic heterocycles. The fraction of sp³-hybridized carbons (Fsp3) is 0.733. The predicted octanol–water partition coefficient (Wildman–Crippen LogP) is 2.46. The standard InChI is InChI=1S/C15H22ClN3O2S/c1-11-10-21-7-5-19(11)13-9-12(17-14(16)18-13)15(3-4-15)22-8-2-6-20/h9,11,20H,2-8,10H2,1H3/t11-/m0/s1. The van der Waals surface area contributed by atoms with E-state index in [1.165, 1.54) is 0 Å². The number of hydrogen-bond donors (Lipinski definition) is 1. The first-order valence-corrected chi connectivity index (χ1v) is 9.15. The third-order valence-corrected chi connectivity index (χ3v) is 6.03.